The summed E-state index contributed by atoms with van der Waals surface area (Å²) in [6.45, 7) is 3.70. The molecular weight excluding hydrogens is 162 g/mol. The highest BCUT2D eigenvalue weighted by Gasteiger charge is 2.01. The van der Waals surface area contributed by atoms with Crippen LogP contribution in [0, 0.1) is 0 Å². The molecule has 0 amide bonds. The van der Waals surface area contributed by atoms with Gasteiger partial charge < -0.3 is 10.1 Å². The Balaban J connectivity index is 2.61. The molecule has 0 aliphatic heterocycles. The Morgan fingerprint density at radius 1 is 1.46 bits per heavy atom. The van der Waals surface area contributed by atoms with Crippen molar-refractivity contribution in [2.45, 2.75) is 6.42 Å². The number of rotatable bonds is 2. The Kier molecular flexibility index (Phi) is 1.81. The van der Waals surface area contributed by atoms with Gasteiger partial charge in [0.1, 0.15) is 5.75 Å². The van der Waals surface area contributed by atoms with E-state index in [0.717, 1.165) is 17.3 Å². The molecule has 0 spiro atoms. The summed E-state index contributed by atoms with van der Waals surface area (Å²) in [6, 6.07) is 5.34. The van der Waals surface area contributed by atoms with Gasteiger partial charge in [-0.25, -0.2) is 0 Å². The molecule has 0 bridgehead atoms. The maximum Gasteiger partial charge on any atom is 0.117 e. The van der Waals surface area contributed by atoms with E-state index in [2.05, 4.69) is 11.6 Å². The van der Waals surface area contributed by atoms with Crippen molar-refractivity contribution >= 4 is 10.9 Å². The number of hydrogen-bond acceptors (Lipinski definition) is 1. The molecule has 0 aliphatic carbocycles. The molecule has 0 atom stereocenters. The average molecular weight is 173 g/mol. The van der Waals surface area contributed by atoms with E-state index in [0.29, 0.717) is 5.75 Å². The predicted octanol–water partition coefficient (Wildman–Crippen LogP) is 2.60. The number of H-pyrrole nitrogens is 1. The van der Waals surface area contributed by atoms with Crippen LogP contribution in [-0.4, -0.2) is 10.1 Å². The fraction of sp³-hybridized carbons (Fsp3) is 0.0909. The zero-order valence-corrected chi connectivity index (χ0v) is 7.25. The topological polar surface area (TPSA) is 36.0 Å². The normalized spacial score (nSPS) is 10.5. The number of fused-ring (bicyclic) bond motifs is 1. The first-order chi connectivity index (χ1) is 6.31. The van der Waals surface area contributed by atoms with E-state index in [-0.39, 0.29) is 0 Å². The molecule has 66 valence electrons. The van der Waals surface area contributed by atoms with Crippen molar-refractivity contribution in [1.29, 1.82) is 0 Å². The van der Waals surface area contributed by atoms with Gasteiger partial charge in [-0.1, -0.05) is 6.08 Å². The average Bonchev–Trinajstić information content (AvgIpc) is 2.49. The molecule has 1 aromatic carbocycles. The van der Waals surface area contributed by atoms with Gasteiger partial charge in [-0.2, -0.15) is 0 Å². The highest BCUT2D eigenvalue weighted by atomic mass is 16.3. The van der Waals surface area contributed by atoms with Crippen LogP contribution in [0.5, 0.6) is 5.75 Å². The van der Waals surface area contributed by atoms with Gasteiger partial charge >= 0.3 is 0 Å². The van der Waals surface area contributed by atoms with Crippen molar-refractivity contribution in [1.82, 2.24) is 4.98 Å². The highest BCUT2D eigenvalue weighted by Crippen LogP contribution is 2.22. The fourth-order valence-corrected chi connectivity index (χ4v) is 1.50. The number of phenols is 1. The third kappa shape index (κ3) is 1.31. The Labute approximate surface area is 76.5 Å². The van der Waals surface area contributed by atoms with Crippen LogP contribution < -0.4 is 0 Å². The molecule has 2 rings (SSSR count). The second-order valence-electron chi connectivity index (χ2n) is 3.04. The number of aromatic hydroxyl groups is 1. The molecule has 0 saturated carbocycles. The van der Waals surface area contributed by atoms with Crippen molar-refractivity contribution in [3.05, 3.63) is 42.6 Å². The van der Waals surface area contributed by atoms with Gasteiger partial charge in [-0.15, -0.1) is 6.58 Å². The third-order valence-electron chi connectivity index (χ3n) is 2.12. The Bertz CT molecular complexity index is 442. The Morgan fingerprint density at radius 2 is 2.31 bits per heavy atom. The largest absolute Gasteiger partial charge is 0.508 e. The monoisotopic (exact) mass is 173 g/mol. The summed E-state index contributed by atoms with van der Waals surface area (Å²) in [5.74, 6) is 0.291. The van der Waals surface area contributed by atoms with E-state index in [1.54, 1.807) is 12.1 Å². The van der Waals surface area contributed by atoms with Crippen LogP contribution in [0.3, 0.4) is 0 Å². The van der Waals surface area contributed by atoms with Crippen molar-refractivity contribution in [2.75, 3.05) is 0 Å². The minimum absolute atomic E-state index is 0.291. The van der Waals surface area contributed by atoms with Gasteiger partial charge in [0.05, 0.1) is 0 Å². The van der Waals surface area contributed by atoms with Gasteiger partial charge in [0.25, 0.3) is 0 Å². The second kappa shape index (κ2) is 2.98. The van der Waals surface area contributed by atoms with Crippen LogP contribution >= 0.6 is 0 Å². The van der Waals surface area contributed by atoms with Crippen molar-refractivity contribution < 1.29 is 5.11 Å². The minimum atomic E-state index is 0.291. The van der Waals surface area contributed by atoms with E-state index >= 15 is 0 Å². The lowest BCUT2D eigenvalue weighted by molar-refractivity contribution is 0.476. The third-order valence-corrected chi connectivity index (χ3v) is 2.12. The fourth-order valence-electron chi connectivity index (χ4n) is 1.50. The lowest BCUT2D eigenvalue weighted by Gasteiger charge is -1.94. The van der Waals surface area contributed by atoms with Crippen LogP contribution in [-0.2, 0) is 6.42 Å². The number of allylic oxidation sites excluding steroid dienone is 1. The first-order valence-electron chi connectivity index (χ1n) is 4.21. The molecule has 1 heterocycles. The van der Waals surface area contributed by atoms with Crippen LogP contribution in [0.2, 0.25) is 0 Å². The molecule has 2 heteroatoms. The molecule has 0 unspecified atom stereocenters. The molecule has 0 aliphatic rings. The van der Waals surface area contributed by atoms with E-state index in [1.165, 1.54) is 5.56 Å². The molecule has 2 N–H and O–H groups in total. The Morgan fingerprint density at radius 3 is 3.08 bits per heavy atom. The van der Waals surface area contributed by atoms with Crippen molar-refractivity contribution in [2.24, 2.45) is 0 Å². The summed E-state index contributed by atoms with van der Waals surface area (Å²) in [5.41, 5.74) is 2.18. The molecular formula is C11H11NO. The molecule has 0 saturated heterocycles. The summed E-state index contributed by atoms with van der Waals surface area (Å²) in [6.07, 6.45) is 4.67. The summed E-state index contributed by atoms with van der Waals surface area (Å²) >= 11 is 0. The standard InChI is InChI=1S/C11H11NO/c1-2-3-8-7-12-11-6-9(13)4-5-10(8)11/h2,4-7,12-13H,1,3H2. The van der Waals surface area contributed by atoms with E-state index in [4.69, 9.17) is 0 Å². The molecule has 13 heavy (non-hydrogen) atoms. The van der Waals surface area contributed by atoms with Gasteiger partial charge in [0, 0.05) is 23.2 Å². The molecule has 0 fully saturated rings. The quantitative estimate of drug-likeness (QED) is 0.673. The SMILES string of the molecule is C=CCc1c[nH]c2cc(O)ccc12. The van der Waals surface area contributed by atoms with Crippen molar-refractivity contribution in [3.8, 4) is 5.75 Å². The van der Waals surface area contributed by atoms with Gasteiger partial charge in [-0.05, 0) is 24.1 Å². The molecule has 1 aromatic heterocycles. The molecule has 2 nitrogen and oxygen atoms in total. The first kappa shape index (κ1) is 7.92. The van der Waals surface area contributed by atoms with Gasteiger partial charge in [-0.3, -0.25) is 0 Å². The second-order valence-corrected chi connectivity index (χ2v) is 3.04. The van der Waals surface area contributed by atoms with Gasteiger partial charge in [0.2, 0.25) is 0 Å². The highest BCUT2D eigenvalue weighted by molar-refractivity contribution is 5.84. The summed E-state index contributed by atoms with van der Waals surface area (Å²) in [4.78, 5) is 3.11. The smallest absolute Gasteiger partial charge is 0.117 e. The van der Waals surface area contributed by atoms with Crippen LogP contribution in [0.1, 0.15) is 5.56 Å². The summed E-state index contributed by atoms with van der Waals surface area (Å²) in [5, 5.41) is 10.4. The van der Waals surface area contributed by atoms with E-state index in [1.807, 2.05) is 18.3 Å². The number of benzene rings is 1. The number of aromatic amines is 1. The van der Waals surface area contributed by atoms with Crippen LogP contribution in [0.4, 0.5) is 0 Å². The van der Waals surface area contributed by atoms with E-state index in [9.17, 15) is 5.11 Å². The number of nitrogens with one attached hydrogen (secondary N) is 1. The number of phenolic OH excluding ortho intramolecular Hbond substituents is 1. The van der Waals surface area contributed by atoms with E-state index < -0.39 is 0 Å². The van der Waals surface area contributed by atoms with Crippen molar-refractivity contribution in [3.63, 3.8) is 0 Å². The number of aromatic nitrogens is 1. The summed E-state index contributed by atoms with van der Waals surface area (Å²) in [7, 11) is 0. The maximum atomic E-state index is 9.23. The molecule has 0 radical (unpaired) electrons. The predicted molar refractivity (Wildman–Crippen MR) is 53.9 cm³/mol. The first-order valence-corrected chi connectivity index (χ1v) is 4.21. The minimum Gasteiger partial charge on any atom is -0.508 e. The molecule has 2 aromatic rings. The van der Waals surface area contributed by atoms with Gasteiger partial charge in [0.15, 0.2) is 0 Å². The van der Waals surface area contributed by atoms with Crippen LogP contribution in [0.25, 0.3) is 10.9 Å². The zero-order chi connectivity index (χ0) is 9.26. The summed E-state index contributed by atoms with van der Waals surface area (Å²) < 4.78 is 0. The lowest BCUT2D eigenvalue weighted by Crippen LogP contribution is -1.75. The zero-order valence-electron chi connectivity index (χ0n) is 7.25. The maximum absolute atomic E-state index is 9.23. The van der Waals surface area contributed by atoms with Crippen LogP contribution in [0.15, 0.2) is 37.1 Å². The lowest BCUT2D eigenvalue weighted by atomic mass is 10.1. The Hall–Kier alpha value is -1.70. The number of hydrogen-bond donors (Lipinski definition) is 2.